The van der Waals surface area contributed by atoms with Crippen molar-refractivity contribution < 1.29 is 0 Å². The average molecular weight is 308 g/mol. The van der Waals surface area contributed by atoms with Crippen molar-refractivity contribution in [2.24, 2.45) is 0 Å². The van der Waals surface area contributed by atoms with Crippen LogP contribution in [0.15, 0.2) is 53.8 Å². The molecule has 0 atom stereocenters. The molecule has 0 aliphatic heterocycles. The van der Waals surface area contributed by atoms with E-state index in [0.29, 0.717) is 16.7 Å². The van der Waals surface area contributed by atoms with Crippen LogP contribution in [0.3, 0.4) is 0 Å². The van der Waals surface area contributed by atoms with Gasteiger partial charge in [-0.2, -0.15) is 4.98 Å². The summed E-state index contributed by atoms with van der Waals surface area (Å²) in [6, 6.07) is 13.7. The first kappa shape index (κ1) is 13.0. The highest BCUT2D eigenvalue weighted by Crippen LogP contribution is 2.21. The molecule has 0 aliphatic rings. The Hall–Kier alpha value is -2.67. The number of hydrogen-bond acceptors (Lipinski definition) is 5. The summed E-state index contributed by atoms with van der Waals surface area (Å²) < 4.78 is 0. The van der Waals surface area contributed by atoms with Crippen LogP contribution in [0.1, 0.15) is 5.82 Å². The van der Waals surface area contributed by atoms with Gasteiger partial charge in [0.2, 0.25) is 5.16 Å². The number of thioether (sulfide) groups is 1. The number of aromatic nitrogens is 6. The fourth-order valence-electron chi connectivity index (χ4n) is 2.14. The highest BCUT2D eigenvalue weighted by atomic mass is 32.2. The van der Waals surface area contributed by atoms with Crippen molar-refractivity contribution in [2.45, 2.75) is 10.9 Å². The van der Waals surface area contributed by atoms with Crippen LogP contribution in [0, 0.1) is 0 Å². The van der Waals surface area contributed by atoms with E-state index in [0.717, 1.165) is 22.6 Å². The van der Waals surface area contributed by atoms with Gasteiger partial charge in [-0.05, 0) is 24.3 Å². The molecule has 0 fully saturated rings. The minimum absolute atomic E-state index is 0.674. The lowest BCUT2D eigenvalue weighted by Crippen LogP contribution is -1.85. The molecule has 0 radical (unpaired) electrons. The van der Waals surface area contributed by atoms with Crippen LogP contribution in [-0.4, -0.2) is 30.1 Å². The Morgan fingerprint density at radius 1 is 1.00 bits per heavy atom. The van der Waals surface area contributed by atoms with Crippen LogP contribution in [0.4, 0.5) is 0 Å². The third-order valence-electron chi connectivity index (χ3n) is 3.15. The van der Waals surface area contributed by atoms with Crippen LogP contribution >= 0.6 is 11.8 Å². The van der Waals surface area contributed by atoms with E-state index < -0.39 is 0 Å². The molecule has 4 rings (SSSR count). The first-order chi connectivity index (χ1) is 10.9. The molecule has 0 saturated heterocycles. The van der Waals surface area contributed by atoms with E-state index >= 15 is 0 Å². The van der Waals surface area contributed by atoms with Crippen molar-refractivity contribution >= 4 is 22.8 Å². The van der Waals surface area contributed by atoms with E-state index in [1.54, 1.807) is 6.20 Å². The molecule has 0 spiro atoms. The summed E-state index contributed by atoms with van der Waals surface area (Å²) in [7, 11) is 0. The number of imidazole rings is 1. The number of nitrogens with one attached hydrogen (secondary N) is 2. The normalized spacial score (nSPS) is 11.1. The zero-order valence-electron chi connectivity index (χ0n) is 11.5. The lowest BCUT2D eigenvalue weighted by Gasteiger charge is -1.93. The van der Waals surface area contributed by atoms with Crippen LogP contribution < -0.4 is 0 Å². The van der Waals surface area contributed by atoms with Gasteiger partial charge < -0.3 is 4.98 Å². The Kier molecular flexibility index (Phi) is 3.32. The van der Waals surface area contributed by atoms with Crippen molar-refractivity contribution in [3.63, 3.8) is 0 Å². The molecule has 0 bridgehead atoms. The fraction of sp³-hybridized carbons (Fsp3) is 0.0667. The summed E-state index contributed by atoms with van der Waals surface area (Å²) >= 11 is 1.53. The molecular weight excluding hydrogens is 296 g/mol. The zero-order chi connectivity index (χ0) is 14.8. The number of pyridine rings is 1. The second kappa shape index (κ2) is 5.61. The van der Waals surface area contributed by atoms with E-state index in [1.807, 2.05) is 42.5 Å². The van der Waals surface area contributed by atoms with Crippen LogP contribution in [0.25, 0.3) is 22.6 Å². The lowest BCUT2D eigenvalue weighted by atomic mass is 10.3. The number of H-pyrrole nitrogens is 2. The molecule has 0 amide bonds. The Morgan fingerprint density at radius 3 is 2.77 bits per heavy atom. The standard InChI is InChI=1S/C15H12N6S/c1-2-6-11-10(5-1)17-13(18-11)9-22-15-19-14(20-21-15)12-7-3-4-8-16-12/h1-8H,9H2,(H,17,18)(H,19,20,21). The van der Waals surface area contributed by atoms with E-state index in [9.17, 15) is 0 Å². The van der Waals surface area contributed by atoms with Gasteiger partial charge in [-0.25, -0.2) is 4.98 Å². The molecule has 1 aromatic carbocycles. The minimum atomic E-state index is 0.674. The van der Waals surface area contributed by atoms with Crippen LogP contribution in [0.2, 0.25) is 0 Å². The van der Waals surface area contributed by atoms with Crippen molar-refractivity contribution in [3.05, 3.63) is 54.5 Å². The van der Waals surface area contributed by atoms with E-state index in [2.05, 4.69) is 30.1 Å². The number of benzene rings is 1. The fourth-order valence-corrected chi connectivity index (χ4v) is 2.80. The third-order valence-corrected chi connectivity index (χ3v) is 4.01. The lowest BCUT2D eigenvalue weighted by molar-refractivity contribution is 0.970. The van der Waals surface area contributed by atoms with Crippen molar-refractivity contribution in [1.29, 1.82) is 0 Å². The number of para-hydroxylation sites is 2. The maximum Gasteiger partial charge on any atom is 0.209 e. The molecule has 0 aliphatic carbocycles. The first-order valence-corrected chi connectivity index (χ1v) is 7.77. The minimum Gasteiger partial charge on any atom is -0.341 e. The van der Waals surface area contributed by atoms with Crippen LogP contribution in [-0.2, 0) is 5.75 Å². The summed E-state index contributed by atoms with van der Waals surface area (Å²) in [6.07, 6.45) is 1.74. The largest absolute Gasteiger partial charge is 0.341 e. The molecule has 0 unspecified atom stereocenters. The summed E-state index contributed by atoms with van der Waals surface area (Å²) in [5.74, 6) is 2.27. The van der Waals surface area contributed by atoms with Crippen LogP contribution in [0.5, 0.6) is 0 Å². The maximum absolute atomic E-state index is 4.54. The molecule has 22 heavy (non-hydrogen) atoms. The maximum atomic E-state index is 4.54. The summed E-state index contributed by atoms with van der Waals surface area (Å²) in [4.78, 5) is 16.5. The Balaban J connectivity index is 1.49. The number of hydrogen-bond donors (Lipinski definition) is 2. The topological polar surface area (TPSA) is 83.1 Å². The predicted molar refractivity (Wildman–Crippen MR) is 85.3 cm³/mol. The molecule has 3 heterocycles. The average Bonchev–Trinajstić information content (AvgIpc) is 3.20. The second-order valence-electron chi connectivity index (χ2n) is 4.67. The number of aromatic amines is 2. The van der Waals surface area contributed by atoms with Gasteiger partial charge in [-0.15, -0.1) is 5.10 Å². The van der Waals surface area contributed by atoms with E-state index in [-0.39, 0.29) is 0 Å². The Labute approximate surface area is 130 Å². The van der Waals surface area contributed by atoms with Gasteiger partial charge in [0.05, 0.1) is 16.8 Å². The predicted octanol–water partition coefficient (Wildman–Crippen LogP) is 3.04. The smallest absolute Gasteiger partial charge is 0.209 e. The first-order valence-electron chi connectivity index (χ1n) is 6.79. The number of rotatable bonds is 4. The Bertz CT molecular complexity index is 865. The number of fused-ring (bicyclic) bond motifs is 1. The van der Waals surface area contributed by atoms with Gasteiger partial charge in [0.25, 0.3) is 0 Å². The quantitative estimate of drug-likeness (QED) is 0.566. The Morgan fingerprint density at radius 2 is 1.91 bits per heavy atom. The van der Waals surface area contributed by atoms with Gasteiger partial charge in [0, 0.05) is 6.20 Å². The SMILES string of the molecule is c1ccc(-c2nc(SCc3nc4ccccc4[nH]3)n[nH]2)nc1. The number of nitrogens with zero attached hydrogens (tertiary/aromatic N) is 4. The molecule has 7 heteroatoms. The van der Waals surface area contributed by atoms with Gasteiger partial charge in [-0.1, -0.05) is 30.0 Å². The second-order valence-corrected chi connectivity index (χ2v) is 5.61. The van der Waals surface area contributed by atoms with Crippen molar-refractivity contribution in [3.8, 4) is 11.5 Å². The highest BCUT2D eigenvalue weighted by molar-refractivity contribution is 7.98. The summed E-state index contributed by atoms with van der Waals surface area (Å²) in [5.41, 5.74) is 2.80. The van der Waals surface area contributed by atoms with Crippen molar-refractivity contribution in [2.75, 3.05) is 0 Å². The summed E-state index contributed by atoms with van der Waals surface area (Å²) in [5, 5.41) is 7.80. The van der Waals surface area contributed by atoms with E-state index in [4.69, 9.17) is 0 Å². The molecule has 0 saturated carbocycles. The summed E-state index contributed by atoms with van der Waals surface area (Å²) in [6.45, 7) is 0. The monoisotopic (exact) mass is 308 g/mol. The van der Waals surface area contributed by atoms with Gasteiger partial charge in [0.15, 0.2) is 5.82 Å². The van der Waals surface area contributed by atoms with Crippen molar-refractivity contribution in [1.82, 2.24) is 30.1 Å². The molecular formula is C15H12N6S. The molecule has 2 N–H and O–H groups in total. The van der Waals surface area contributed by atoms with E-state index in [1.165, 1.54) is 11.8 Å². The zero-order valence-corrected chi connectivity index (χ0v) is 12.3. The molecule has 6 nitrogen and oxygen atoms in total. The van der Waals surface area contributed by atoms with Gasteiger partial charge >= 0.3 is 0 Å². The highest BCUT2D eigenvalue weighted by Gasteiger charge is 2.08. The third kappa shape index (κ3) is 2.58. The molecule has 4 aromatic rings. The molecule has 3 aromatic heterocycles. The molecule has 108 valence electrons. The van der Waals surface area contributed by atoms with Gasteiger partial charge in [0.1, 0.15) is 11.5 Å². The van der Waals surface area contributed by atoms with Gasteiger partial charge in [-0.3, -0.25) is 10.1 Å².